The number of ether oxygens (including phenoxy) is 4. The van der Waals surface area contributed by atoms with Crippen LogP contribution in [-0.2, 0) is 23.7 Å². The van der Waals surface area contributed by atoms with Gasteiger partial charge in [0.25, 0.3) is 0 Å². The highest BCUT2D eigenvalue weighted by molar-refractivity contribution is 5.76. The van der Waals surface area contributed by atoms with Crippen LogP contribution in [0.5, 0.6) is 0 Å². The van der Waals surface area contributed by atoms with Crippen molar-refractivity contribution >= 4 is 5.91 Å². The lowest BCUT2D eigenvalue weighted by Gasteiger charge is -2.46. The summed E-state index contributed by atoms with van der Waals surface area (Å²) in [7, 11) is 0. The van der Waals surface area contributed by atoms with Crippen molar-refractivity contribution in [1.29, 1.82) is 0 Å². The number of aliphatic hydroxyl groups is 8. The van der Waals surface area contributed by atoms with Crippen molar-refractivity contribution in [1.82, 2.24) is 5.32 Å². The maximum absolute atomic E-state index is 13.3. The average Bonchev–Trinajstić information content (AvgIpc) is 1.60. The minimum atomic E-state index is -1.79. The van der Waals surface area contributed by atoms with E-state index in [0.29, 0.717) is 12.8 Å². The smallest absolute Gasteiger partial charge is 0.220 e. The number of rotatable bonds is 55. The average molecular weight is 1210 g/mol. The van der Waals surface area contributed by atoms with Crippen LogP contribution < -0.4 is 5.32 Å². The summed E-state index contributed by atoms with van der Waals surface area (Å²) in [5.74, 6) is -0.250. The Labute approximate surface area is 522 Å². The van der Waals surface area contributed by atoms with Gasteiger partial charge in [-0.15, -0.1) is 0 Å². The number of amides is 1. The minimum Gasteiger partial charge on any atom is -0.394 e. The molecule has 12 atom stereocenters. The monoisotopic (exact) mass is 1210 g/mol. The molecule has 2 fully saturated rings. The molecule has 2 saturated heterocycles. The maximum atomic E-state index is 13.3. The highest BCUT2D eigenvalue weighted by Crippen LogP contribution is 2.30. The van der Waals surface area contributed by atoms with E-state index in [1.807, 2.05) is 6.08 Å². The summed E-state index contributed by atoms with van der Waals surface area (Å²) in [5, 5.41) is 87.0. The summed E-state index contributed by atoms with van der Waals surface area (Å²) >= 11 is 0. The summed E-state index contributed by atoms with van der Waals surface area (Å²) < 4.78 is 22.7. The molecule has 12 unspecified atom stereocenters. The Morgan fingerprint density at radius 1 is 0.430 bits per heavy atom. The molecule has 9 N–H and O–H groups in total. The van der Waals surface area contributed by atoms with Gasteiger partial charge in [0.15, 0.2) is 12.6 Å². The molecule has 0 aromatic rings. The highest BCUT2D eigenvalue weighted by Gasteiger charge is 2.51. The molecule has 0 saturated carbocycles. The Morgan fingerprint density at radius 3 is 1.28 bits per heavy atom. The Hall–Kier alpha value is -3.09. The molecule has 1 amide bonds. The molecule has 2 aliphatic heterocycles. The largest absolute Gasteiger partial charge is 0.394 e. The molecular weight excluding hydrogens is 1090 g/mol. The summed E-state index contributed by atoms with van der Waals surface area (Å²) in [6.45, 7) is 2.63. The van der Waals surface area contributed by atoms with Crippen LogP contribution >= 0.6 is 0 Å². The summed E-state index contributed by atoms with van der Waals surface area (Å²) in [6, 6.07) is -0.932. The highest BCUT2D eigenvalue weighted by atomic mass is 16.7. The fourth-order valence-electron chi connectivity index (χ4n) is 10.8. The van der Waals surface area contributed by atoms with E-state index < -0.39 is 86.8 Å². The fraction of sp³-hybridized carbons (Fsp3) is 0.764. The second-order valence-corrected chi connectivity index (χ2v) is 23.9. The van der Waals surface area contributed by atoms with Crippen LogP contribution in [0.25, 0.3) is 0 Å². The van der Waals surface area contributed by atoms with Crippen LogP contribution in [0.3, 0.4) is 0 Å². The first kappa shape index (κ1) is 79.0. The lowest BCUT2D eigenvalue weighted by atomic mass is 9.97. The van der Waals surface area contributed by atoms with E-state index in [4.69, 9.17) is 18.9 Å². The van der Waals surface area contributed by atoms with E-state index in [1.165, 1.54) is 154 Å². The van der Waals surface area contributed by atoms with Crippen molar-refractivity contribution < 1.29 is 64.6 Å². The van der Waals surface area contributed by atoms with Crippen molar-refractivity contribution in [2.75, 3.05) is 19.8 Å². The van der Waals surface area contributed by atoms with Gasteiger partial charge in [-0.25, -0.2) is 0 Å². The Balaban J connectivity index is 1.54. The molecule has 2 heterocycles. The molecule has 14 nitrogen and oxygen atoms in total. The molecule has 0 aromatic heterocycles. The Morgan fingerprint density at radius 2 is 0.814 bits per heavy atom. The van der Waals surface area contributed by atoms with Gasteiger partial charge in [-0.05, 0) is 83.5 Å². The Bertz CT molecular complexity index is 1810. The molecule has 0 bridgehead atoms. The summed E-state index contributed by atoms with van der Waals surface area (Å²) in [6.07, 6.45) is 62.2. The minimum absolute atomic E-state index is 0.250. The van der Waals surface area contributed by atoms with Gasteiger partial charge in [-0.2, -0.15) is 0 Å². The van der Waals surface area contributed by atoms with E-state index >= 15 is 0 Å². The maximum Gasteiger partial charge on any atom is 0.220 e. The molecule has 14 heteroatoms. The van der Waals surface area contributed by atoms with Gasteiger partial charge in [0.1, 0.15) is 48.8 Å². The predicted molar refractivity (Wildman–Crippen MR) is 350 cm³/mol. The number of nitrogens with one attached hydrogen (secondary N) is 1. The second-order valence-electron chi connectivity index (χ2n) is 23.9. The molecule has 0 aliphatic carbocycles. The molecule has 496 valence electrons. The molecule has 0 radical (unpaired) electrons. The standard InChI is InChI=1S/C72H125NO13/c1-3-5-7-9-11-13-15-16-17-18-19-20-21-22-23-24-25-26-27-28-29-30-31-32-33-34-35-36-37-38-39-40-41-42-43-44-46-48-50-52-54-56-64(77)73-60(61(76)55-53-51-49-47-45-14-12-10-8-6-4-2)59-83-71-69(82)67(80)70(63(58-75)85-71)86-72-68(81)66(79)65(78)62(57-74)84-72/h5,7,11,13,16-17,19-20,22-23,25-26,45,47,53,55,60-63,65-72,74-76,78-82H,3-4,6,8-10,12,14-15,18,21,24,27-44,46,48-52,54,56-59H2,1-2H3,(H,73,77)/b7-5-,13-11-,17-16-,20-19-,23-22-,26-25-,47-45+,55-53+. The zero-order valence-corrected chi connectivity index (χ0v) is 53.8. The Kier molecular flexibility index (Phi) is 51.4. The molecule has 0 aromatic carbocycles. The van der Waals surface area contributed by atoms with E-state index in [2.05, 4.69) is 104 Å². The van der Waals surface area contributed by atoms with Crippen molar-refractivity contribution in [3.05, 3.63) is 97.2 Å². The van der Waals surface area contributed by atoms with Crippen molar-refractivity contribution in [2.45, 2.75) is 331 Å². The number of aliphatic hydroxyl groups excluding tert-OH is 8. The zero-order chi connectivity index (χ0) is 62.3. The van der Waals surface area contributed by atoms with Crippen LogP contribution in [0.4, 0.5) is 0 Å². The number of hydrogen-bond acceptors (Lipinski definition) is 13. The van der Waals surface area contributed by atoms with Crippen molar-refractivity contribution in [2.24, 2.45) is 0 Å². The van der Waals surface area contributed by atoms with Crippen LogP contribution in [0.2, 0.25) is 0 Å². The fourth-order valence-corrected chi connectivity index (χ4v) is 10.8. The first-order valence-corrected chi connectivity index (χ1v) is 34.5. The van der Waals surface area contributed by atoms with E-state index in [9.17, 15) is 45.6 Å². The van der Waals surface area contributed by atoms with Crippen molar-refractivity contribution in [3.63, 3.8) is 0 Å². The predicted octanol–water partition coefficient (Wildman–Crippen LogP) is 13.8. The van der Waals surface area contributed by atoms with Gasteiger partial charge >= 0.3 is 0 Å². The van der Waals surface area contributed by atoms with Gasteiger partial charge < -0.3 is 65.1 Å². The summed E-state index contributed by atoms with van der Waals surface area (Å²) in [4.78, 5) is 13.3. The third-order valence-electron chi connectivity index (χ3n) is 16.3. The summed E-state index contributed by atoms with van der Waals surface area (Å²) in [5.41, 5.74) is 0. The van der Waals surface area contributed by atoms with E-state index in [1.54, 1.807) is 6.08 Å². The normalized spacial score (nSPS) is 24.0. The van der Waals surface area contributed by atoms with Gasteiger partial charge in [0.2, 0.25) is 5.91 Å². The van der Waals surface area contributed by atoms with Crippen LogP contribution in [-0.4, -0.2) is 140 Å². The molecule has 2 rings (SSSR count). The number of carbonyl (C=O) groups excluding carboxylic acids is 1. The topological polar surface area (TPSA) is 228 Å². The molecule has 86 heavy (non-hydrogen) atoms. The SMILES string of the molecule is CC/C=C\C/C=C\C/C=C\C/C=C\C/C=C\C/C=C\CCCCCCCCCCCCCCCCCCCCCCCCC(=O)NC(COC1OC(CO)C(OC2OC(CO)C(O)C(O)C2O)C(O)C1O)C(O)/C=C/CC/C=C/CCCCCCC. The number of hydrogen-bond donors (Lipinski definition) is 9. The van der Waals surface area contributed by atoms with Gasteiger partial charge in [-0.1, -0.05) is 265 Å². The van der Waals surface area contributed by atoms with Crippen LogP contribution in [0, 0.1) is 0 Å². The number of allylic oxidation sites excluding steroid dienone is 15. The van der Waals surface area contributed by atoms with Gasteiger partial charge in [0, 0.05) is 6.42 Å². The zero-order valence-electron chi connectivity index (χ0n) is 53.8. The lowest BCUT2D eigenvalue weighted by molar-refractivity contribution is -0.359. The van der Waals surface area contributed by atoms with Crippen LogP contribution in [0.1, 0.15) is 258 Å². The number of unbranched alkanes of at least 4 members (excludes halogenated alkanes) is 28. The van der Waals surface area contributed by atoms with Gasteiger partial charge in [0.05, 0.1) is 32.0 Å². The molecule has 0 spiro atoms. The molecular formula is C72H125NO13. The third-order valence-corrected chi connectivity index (χ3v) is 16.3. The number of carbonyl (C=O) groups is 1. The first-order valence-electron chi connectivity index (χ1n) is 34.5. The van der Waals surface area contributed by atoms with E-state index in [0.717, 1.165) is 70.6 Å². The lowest BCUT2D eigenvalue weighted by Crippen LogP contribution is -2.65. The quantitative estimate of drug-likeness (QED) is 0.0204. The third kappa shape index (κ3) is 39.8. The van der Waals surface area contributed by atoms with Gasteiger partial charge in [-0.3, -0.25) is 4.79 Å². The molecule has 2 aliphatic rings. The van der Waals surface area contributed by atoms with Crippen LogP contribution in [0.15, 0.2) is 97.2 Å². The first-order chi connectivity index (χ1) is 42.1. The van der Waals surface area contributed by atoms with E-state index in [-0.39, 0.29) is 18.9 Å². The second kappa shape index (κ2) is 55.9. The van der Waals surface area contributed by atoms with Crippen molar-refractivity contribution in [3.8, 4) is 0 Å².